The van der Waals surface area contributed by atoms with E-state index in [1.165, 1.54) is 11.0 Å². The number of amides is 2. The number of anilines is 2. The Labute approximate surface area is 298 Å². The molecule has 2 N–H and O–H groups in total. The van der Waals surface area contributed by atoms with Crippen LogP contribution in [0.3, 0.4) is 0 Å². The SMILES string of the molecule is Cc1ncnc(C(=O)N2CCN(c3c4n(n5nc(C6=CCOCC6)nc5c3=O)C(C(=O)Nc3ccc(C(F)(F)F)cc3Cl)CC4C)C3CCC32)c1O. The van der Waals surface area contributed by atoms with Gasteiger partial charge in [0, 0.05) is 25.0 Å². The van der Waals surface area contributed by atoms with Crippen molar-refractivity contribution in [2.24, 2.45) is 0 Å². The number of alkyl halides is 3. The van der Waals surface area contributed by atoms with Gasteiger partial charge in [-0.1, -0.05) is 24.6 Å². The molecule has 3 aliphatic heterocycles. The number of carbonyl (C=O) groups excluding carboxylic acids is 2. The van der Waals surface area contributed by atoms with Gasteiger partial charge in [-0.2, -0.15) is 13.2 Å². The van der Waals surface area contributed by atoms with Gasteiger partial charge in [0.15, 0.2) is 17.3 Å². The lowest BCUT2D eigenvalue weighted by molar-refractivity contribution is -0.137. The zero-order valence-electron chi connectivity index (χ0n) is 28.0. The molecule has 4 aliphatic rings. The van der Waals surface area contributed by atoms with E-state index < -0.39 is 29.6 Å². The van der Waals surface area contributed by atoms with Gasteiger partial charge in [-0.3, -0.25) is 19.1 Å². The second-order valence-electron chi connectivity index (χ2n) is 13.5. The van der Waals surface area contributed by atoms with Crippen LogP contribution in [0.5, 0.6) is 5.75 Å². The highest BCUT2D eigenvalue weighted by Gasteiger charge is 2.49. The Bertz CT molecular complexity index is 2240. The lowest BCUT2D eigenvalue weighted by Gasteiger charge is -2.54. The molecule has 14 nitrogen and oxygen atoms in total. The quantitative estimate of drug-likeness (QED) is 0.301. The molecule has 18 heteroatoms. The summed E-state index contributed by atoms with van der Waals surface area (Å²) in [6.45, 7) is 4.82. The molecule has 4 aromatic rings. The average Bonchev–Trinajstić information content (AvgIpc) is 3.69. The highest BCUT2D eigenvalue weighted by molar-refractivity contribution is 6.33. The van der Waals surface area contributed by atoms with Crippen molar-refractivity contribution in [3.8, 4) is 5.75 Å². The molecule has 4 atom stereocenters. The van der Waals surface area contributed by atoms with E-state index in [-0.39, 0.29) is 76.4 Å². The minimum absolute atomic E-state index is 0.00735. The van der Waals surface area contributed by atoms with Crippen LogP contribution in [0.2, 0.25) is 5.02 Å². The molecule has 1 saturated heterocycles. The molecule has 6 heterocycles. The first kappa shape index (κ1) is 34.1. The molecule has 8 rings (SSSR count). The van der Waals surface area contributed by atoms with E-state index in [4.69, 9.17) is 21.4 Å². The van der Waals surface area contributed by atoms with Crippen LogP contribution < -0.4 is 15.6 Å². The van der Waals surface area contributed by atoms with Crippen LogP contribution in [-0.2, 0) is 15.7 Å². The molecule has 1 aliphatic carbocycles. The Kier molecular flexibility index (Phi) is 8.24. The van der Waals surface area contributed by atoms with Gasteiger partial charge in [-0.05, 0) is 56.4 Å². The van der Waals surface area contributed by atoms with E-state index in [1.54, 1.807) is 16.5 Å². The maximum atomic E-state index is 14.6. The summed E-state index contributed by atoms with van der Waals surface area (Å²) in [5.41, 5.74) is 0.628. The summed E-state index contributed by atoms with van der Waals surface area (Å²) >= 11 is 6.21. The second kappa shape index (κ2) is 12.6. The highest BCUT2D eigenvalue weighted by Crippen LogP contribution is 2.45. The Hall–Kier alpha value is -5.03. The van der Waals surface area contributed by atoms with Crippen molar-refractivity contribution in [1.82, 2.24) is 34.3 Å². The number of fused-ring (bicyclic) bond motifs is 4. The number of carbonyl (C=O) groups is 2. The monoisotopic (exact) mass is 739 g/mol. The maximum absolute atomic E-state index is 14.6. The smallest absolute Gasteiger partial charge is 0.416 e. The van der Waals surface area contributed by atoms with Crippen molar-refractivity contribution in [2.45, 2.75) is 69.8 Å². The zero-order chi connectivity index (χ0) is 36.6. The van der Waals surface area contributed by atoms with Crippen molar-refractivity contribution in [3.63, 3.8) is 0 Å². The number of hydrogen-bond donors (Lipinski definition) is 2. The number of piperazine rings is 1. The van der Waals surface area contributed by atoms with Gasteiger partial charge in [0.2, 0.25) is 17.0 Å². The zero-order valence-corrected chi connectivity index (χ0v) is 28.8. The van der Waals surface area contributed by atoms with E-state index >= 15 is 0 Å². The molecule has 0 bridgehead atoms. The summed E-state index contributed by atoms with van der Waals surface area (Å²) in [6, 6.07) is 1.26. The first-order chi connectivity index (χ1) is 24.8. The first-order valence-corrected chi connectivity index (χ1v) is 17.3. The molecule has 2 amide bonds. The van der Waals surface area contributed by atoms with E-state index in [1.807, 2.05) is 17.9 Å². The average molecular weight is 740 g/mol. The summed E-state index contributed by atoms with van der Waals surface area (Å²) in [6.07, 6.45) is 0.601. The van der Waals surface area contributed by atoms with Crippen molar-refractivity contribution < 1.29 is 32.6 Å². The lowest BCUT2D eigenvalue weighted by atomic mass is 9.81. The standard InChI is InChI=1S/C34H33ClF3N9O5/c1-16-13-24(32(50)41-21-4-3-19(14-20(21)35)34(36,37)38)46-26(16)27(29(49)31-42-30(43-47(31)46)18-7-11-52-12-8-18)44-9-10-45(23-6-5-22(23)44)33(51)25-28(48)17(2)39-15-40-25/h3-4,7,14-16,22-24,48H,5-6,8-13H2,1-2H3,(H,41,50). The number of aromatic hydroxyl groups is 1. The van der Waals surface area contributed by atoms with Gasteiger partial charge in [0.1, 0.15) is 18.1 Å². The summed E-state index contributed by atoms with van der Waals surface area (Å²) in [5, 5.41) is 17.7. The molecule has 52 heavy (non-hydrogen) atoms. The third kappa shape index (κ3) is 5.48. The van der Waals surface area contributed by atoms with Gasteiger partial charge in [0.05, 0.1) is 46.9 Å². The fourth-order valence-corrected chi connectivity index (χ4v) is 7.96. The van der Waals surface area contributed by atoms with Gasteiger partial charge in [-0.25, -0.2) is 15.0 Å². The van der Waals surface area contributed by atoms with Crippen molar-refractivity contribution in [1.29, 1.82) is 0 Å². The number of aryl methyl sites for hydroxylation is 1. The lowest BCUT2D eigenvalue weighted by Crippen LogP contribution is -2.67. The number of hydrogen-bond acceptors (Lipinski definition) is 10. The number of rotatable bonds is 5. The summed E-state index contributed by atoms with van der Waals surface area (Å²) in [7, 11) is 0. The van der Waals surface area contributed by atoms with Crippen LogP contribution in [0.15, 0.2) is 35.4 Å². The number of benzene rings is 1. The number of ether oxygens (including phenoxy) is 1. The number of halogens is 4. The van der Waals surface area contributed by atoms with Crippen molar-refractivity contribution in [3.05, 3.63) is 74.3 Å². The van der Waals surface area contributed by atoms with Crippen LogP contribution >= 0.6 is 11.6 Å². The summed E-state index contributed by atoms with van der Waals surface area (Å²) in [5.74, 6) is -1.25. The molecule has 0 radical (unpaired) electrons. The maximum Gasteiger partial charge on any atom is 0.416 e. The minimum atomic E-state index is -4.61. The van der Waals surface area contributed by atoms with Gasteiger partial charge in [-0.15, -0.1) is 9.73 Å². The Balaban J connectivity index is 1.20. The highest BCUT2D eigenvalue weighted by atomic mass is 35.5. The van der Waals surface area contributed by atoms with E-state index in [9.17, 15) is 32.7 Å². The molecule has 0 spiro atoms. The summed E-state index contributed by atoms with van der Waals surface area (Å²) in [4.78, 5) is 58.7. The number of aromatic nitrogens is 6. The van der Waals surface area contributed by atoms with Gasteiger partial charge >= 0.3 is 6.18 Å². The molecule has 1 saturated carbocycles. The Morgan fingerprint density at radius 3 is 2.62 bits per heavy atom. The van der Waals surface area contributed by atoms with E-state index in [0.29, 0.717) is 49.7 Å². The second-order valence-corrected chi connectivity index (χ2v) is 13.9. The van der Waals surface area contributed by atoms with Gasteiger partial charge in [0.25, 0.3) is 5.91 Å². The molecule has 3 aromatic heterocycles. The Morgan fingerprint density at radius 2 is 1.92 bits per heavy atom. The van der Waals surface area contributed by atoms with E-state index in [2.05, 4.69) is 20.3 Å². The predicted molar refractivity (Wildman–Crippen MR) is 181 cm³/mol. The van der Waals surface area contributed by atoms with Crippen LogP contribution in [-0.4, -0.2) is 89.6 Å². The number of nitrogens with one attached hydrogen (secondary N) is 1. The fourth-order valence-electron chi connectivity index (χ4n) is 7.73. The minimum Gasteiger partial charge on any atom is -0.504 e. The topological polar surface area (TPSA) is 160 Å². The third-order valence-corrected chi connectivity index (χ3v) is 10.8. The van der Waals surface area contributed by atoms with E-state index in [0.717, 1.165) is 23.8 Å². The molecular weight excluding hydrogens is 707 g/mol. The van der Waals surface area contributed by atoms with Crippen LogP contribution in [0.4, 0.5) is 24.5 Å². The molecule has 2 fully saturated rings. The largest absolute Gasteiger partial charge is 0.504 e. The molecule has 1 aromatic carbocycles. The molecular formula is C34H33ClF3N9O5. The van der Waals surface area contributed by atoms with Crippen LogP contribution in [0.25, 0.3) is 11.2 Å². The van der Waals surface area contributed by atoms with Crippen LogP contribution in [0.1, 0.15) is 77.8 Å². The Morgan fingerprint density at radius 1 is 1.13 bits per heavy atom. The summed E-state index contributed by atoms with van der Waals surface area (Å²) < 4.78 is 48.4. The fraction of sp³-hybridized carbons (Fsp3) is 0.441. The normalized spacial score (nSPS) is 22.8. The van der Waals surface area contributed by atoms with Crippen LogP contribution in [0, 0.1) is 6.92 Å². The molecule has 272 valence electrons. The third-order valence-electron chi connectivity index (χ3n) is 10.5. The van der Waals surface area contributed by atoms with Crippen molar-refractivity contribution >= 4 is 46.0 Å². The predicted octanol–water partition coefficient (Wildman–Crippen LogP) is 4.35. The van der Waals surface area contributed by atoms with Crippen molar-refractivity contribution in [2.75, 3.05) is 36.5 Å². The molecule has 4 unspecified atom stereocenters. The first-order valence-electron chi connectivity index (χ1n) is 16.9. The number of nitrogens with zero attached hydrogens (tertiary/aromatic N) is 8. The van der Waals surface area contributed by atoms with Gasteiger partial charge < -0.3 is 25.0 Å².